The molecule has 0 aliphatic heterocycles. The van der Waals surface area contributed by atoms with E-state index in [4.69, 9.17) is 19.7 Å². The lowest BCUT2D eigenvalue weighted by Crippen LogP contribution is -2.28. The molecule has 5 nitrogen and oxygen atoms in total. The van der Waals surface area contributed by atoms with Gasteiger partial charge in [0.2, 0.25) is 0 Å². The Balaban J connectivity index is 2.54. The van der Waals surface area contributed by atoms with Crippen LogP contribution in [0.1, 0.15) is 5.56 Å². The Morgan fingerprint density at radius 1 is 1.24 bits per heavy atom. The Morgan fingerprint density at radius 3 is 2.53 bits per heavy atom. The van der Waals surface area contributed by atoms with Gasteiger partial charge < -0.3 is 25.0 Å². The molecule has 0 saturated carbocycles. The van der Waals surface area contributed by atoms with Crippen LogP contribution in [0.5, 0.6) is 11.5 Å². The van der Waals surface area contributed by atoms with Crippen molar-refractivity contribution in [3.63, 3.8) is 0 Å². The molecule has 0 aliphatic carbocycles. The maximum absolute atomic E-state index is 9.16. The Bertz CT molecular complexity index is 343. The third kappa shape index (κ3) is 4.22. The molecule has 96 valence electrons. The highest BCUT2D eigenvalue weighted by Crippen LogP contribution is 2.27. The molecule has 1 aromatic carbocycles. The highest BCUT2D eigenvalue weighted by Gasteiger charge is 2.05. The summed E-state index contributed by atoms with van der Waals surface area (Å²) < 4.78 is 10.3. The number of rotatable bonds is 7. The number of benzene rings is 1. The lowest BCUT2D eigenvalue weighted by molar-refractivity contribution is 0.0942. The lowest BCUT2D eigenvalue weighted by atomic mass is 10.2. The van der Waals surface area contributed by atoms with E-state index in [0.29, 0.717) is 24.6 Å². The van der Waals surface area contributed by atoms with Gasteiger partial charge in [0.15, 0.2) is 11.5 Å². The van der Waals surface area contributed by atoms with Crippen molar-refractivity contribution in [1.29, 1.82) is 0 Å². The van der Waals surface area contributed by atoms with Gasteiger partial charge in [0, 0.05) is 13.1 Å². The molecule has 0 fully saturated rings. The summed E-state index contributed by atoms with van der Waals surface area (Å²) in [6.45, 7) is 0.710. The van der Waals surface area contributed by atoms with Crippen molar-refractivity contribution < 1.29 is 19.7 Å². The first-order valence-electron chi connectivity index (χ1n) is 5.41. The van der Waals surface area contributed by atoms with E-state index in [1.807, 2.05) is 18.2 Å². The summed E-state index contributed by atoms with van der Waals surface area (Å²) in [5.74, 6) is 1.36. The monoisotopic (exact) mass is 241 g/mol. The Hall–Kier alpha value is -1.30. The molecule has 1 rings (SSSR count). The summed E-state index contributed by atoms with van der Waals surface area (Å²) in [6, 6.07) is 5.62. The second-order valence-corrected chi connectivity index (χ2v) is 3.66. The molecule has 1 atom stereocenters. The van der Waals surface area contributed by atoms with E-state index in [9.17, 15) is 0 Å². The molecule has 0 radical (unpaired) electrons. The zero-order valence-corrected chi connectivity index (χ0v) is 10.1. The second-order valence-electron chi connectivity index (χ2n) is 3.66. The van der Waals surface area contributed by atoms with E-state index in [2.05, 4.69) is 5.32 Å². The first-order valence-corrected chi connectivity index (χ1v) is 5.41. The smallest absolute Gasteiger partial charge is 0.161 e. The molecule has 0 saturated heterocycles. The number of nitrogens with one attached hydrogen (secondary N) is 1. The first kappa shape index (κ1) is 13.8. The Labute approximate surface area is 101 Å². The summed E-state index contributed by atoms with van der Waals surface area (Å²) >= 11 is 0. The molecule has 0 spiro atoms. The van der Waals surface area contributed by atoms with E-state index < -0.39 is 6.10 Å². The first-order chi connectivity index (χ1) is 8.21. The van der Waals surface area contributed by atoms with E-state index >= 15 is 0 Å². The van der Waals surface area contributed by atoms with Crippen LogP contribution in [-0.4, -0.2) is 43.7 Å². The van der Waals surface area contributed by atoms with Crippen LogP contribution in [0.15, 0.2) is 18.2 Å². The molecule has 0 amide bonds. The predicted octanol–water partition coefficient (Wildman–Crippen LogP) is 0.147. The zero-order chi connectivity index (χ0) is 12.7. The van der Waals surface area contributed by atoms with Crippen LogP contribution in [-0.2, 0) is 6.54 Å². The van der Waals surface area contributed by atoms with Gasteiger partial charge >= 0.3 is 0 Å². The van der Waals surface area contributed by atoms with Crippen LogP contribution < -0.4 is 14.8 Å². The minimum atomic E-state index is -0.727. The van der Waals surface area contributed by atoms with E-state index in [1.165, 1.54) is 0 Å². The van der Waals surface area contributed by atoms with Crippen LogP contribution in [0.4, 0.5) is 0 Å². The predicted molar refractivity (Wildman–Crippen MR) is 64.3 cm³/mol. The van der Waals surface area contributed by atoms with Crippen molar-refractivity contribution in [2.45, 2.75) is 12.6 Å². The molecular weight excluding hydrogens is 222 g/mol. The van der Waals surface area contributed by atoms with Crippen LogP contribution >= 0.6 is 0 Å². The highest BCUT2D eigenvalue weighted by atomic mass is 16.5. The average Bonchev–Trinajstić information content (AvgIpc) is 2.38. The Morgan fingerprint density at radius 2 is 1.94 bits per heavy atom. The van der Waals surface area contributed by atoms with Crippen LogP contribution in [0.25, 0.3) is 0 Å². The lowest BCUT2D eigenvalue weighted by Gasteiger charge is -2.11. The maximum Gasteiger partial charge on any atom is 0.161 e. The van der Waals surface area contributed by atoms with Crippen LogP contribution in [0, 0.1) is 0 Å². The van der Waals surface area contributed by atoms with Gasteiger partial charge in [-0.05, 0) is 17.7 Å². The number of methoxy groups -OCH3 is 2. The third-order valence-corrected chi connectivity index (χ3v) is 2.37. The van der Waals surface area contributed by atoms with Crippen molar-refractivity contribution in [3.05, 3.63) is 23.8 Å². The van der Waals surface area contributed by atoms with E-state index in [0.717, 1.165) is 5.56 Å². The second kappa shape index (κ2) is 7.11. The zero-order valence-electron chi connectivity index (χ0n) is 10.1. The van der Waals surface area contributed by atoms with Gasteiger partial charge in [-0.2, -0.15) is 0 Å². The molecule has 0 heterocycles. The molecule has 17 heavy (non-hydrogen) atoms. The average molecular weight is 241 g/mol. The van der Waals surface area contributed by atoms with Crippen LogP contribution in [0.2, 0.25) is 0 Å². The van der Waals surface area contributed by atoms with Gasteiger partial charge in [0.25, 0.3) is 0 Å². The quantitative estimate of drug-likeness (QED) is 0.633. The molecule has 3 N–H and O–H groups in total. The number of hydrogen-bond acceptors (Lipinski definition) is 5. The van der Waals surface area contributed by atoms with Gasteiger partial charge in [-0.15, -0.1) is 0 Å². The minimum absolute atomic E-state index is 0.237. The van der Waals surface area contributed by atoms with Gasteiger partial charge in [-0.25, -0.2) is 0 Å². The Kier molecular flexibility index (Phi) is 5.76. The summed E-state index contributed by atoms with van der Waals surface area (Å²) in [4.78, 5) is 0. The van der Waals surface area contributed by atoms with Crippen molar-refractivity contribution in [2.75, 3.05) is 27.4 Å². The molecular formula is C12H19NO4. The van der Waals surface area contributed by atoms with Gasteiger partial charge in [-0.1, -0.05) is 6.07 Å². The van der Waals surface area contributed by atoms with Crippen LogP contribution in [0.3, 0.4) is 0 Å². The molecule has 0 aliphatic rings. The number of aliphatic hydroxyl groups is 2. The topological polar surface area (TPSA) is 71.0 Å². The summed E-state index contributed by atoms with van der Waals surface area (Å²) in [5, 5.41) is 20.9. The summed E-state index contributed by atoms with van der Waals surface area (Å²) in [6.07, 6.45) is -0.727. The molecule has 5 heteroatoms. The number of hydrogen-bond donors (Lipinski definition) is 3. The van der Waals surface area contributed by atoms with Crippen molar-refractivity contribution >= 4 is 0 Å². The highest BCUT2D eigenvalue weighted by molar-refractivity contribution is 5.42. The fraction of sp³-hybridized carbons (Fsp3) is 0.500. The minimum Gasteiger partial charge on any atom is -0.493 e. The fourth-order valence-corrected chi connectivity index (χ4v) is 1.44. The third-order valence-electron chi connectivity index (χ3n) is 2.37. The number of aliphatic hydroxyl groups excluding tert-OH is 2. The van der Waals surface area contributed by atoms with Gasteiger partial charge in [0.05, 0.1) is 26.9 Å². The summed E-state index contributed by atoms with van der Waals surface area (Å²) in [5.41, 5.74) is 1.02. The maximum atomic E-state index is 9.16. The molecule has 0 unspecified atom stereocenters. The standard InChI is InChI=1S/C12H19NO4/c1-16-11-4-3-9(5-12(11)17-2)6-13-7-10(15)8-14/h3-5,10,13-15H,6-8H2,1-2H3/t10-/m0/s1. The van der Waals surface area contributed by atoms with Crippen molar-refractivity contribution in [2.24, 2.45) is 0 Å². The normalized spacial score (nSPS) is 12.2. The SMILES string of the molecule is COc1ccc(CNC[C@H](O)CO)cc1OC. The van der Waals surface area contributed by atoms with Crippen molar-refractivity contribution in [3.8, 4) is 11.5 Å². The van der Waals surface area contributed by atoms with Gasteiger partial charge in [-0.3, -0.25) is 0 Å². The van der Waals surface area contributed by atoms with Crippen molar-refractivity contribution in [1.82, 2.24) is 5.32 Å². The van der Waals surface area contributed by atoms with Gasteiger partial charge in [0.1, 0.15) is 0 Å². The van der Waals surface area contributed by atoms with E-state index in [1.54, 1.807) is 14.2 Å². The molecule has 0 aromatic heterocycles. The molecule has 1 aromatic rings. The summed E-state index contributed by atoms with van der Waals surface area (Å²) in [7, 11) is 3.18. The largest absolute Gasteiger partial charge is 0.493 e. The van der Waals surface area contributed by atoms with E-state index in [-0.39, 0.29) is 6.61 Å². The fourth-order valence-electron chi connectivity index (χ4n) is 1.44. The molecule has 0 bridgehead atoms. The number of ether oxygens (including phenoxy) is 2.